The third kappa shape index (κ3) is 3.35. The van der Waals surface area contributed by atoms with Gasteiger partial charge in [-0.3, -0.25) is 4.79 Å². The maximum Gasteiger partial charge on any atom is 0.291 e. The van der Waals surface area contributed by atoms with Crippen molar-refractivity contribution >= 4 is 34.2 Å². The average Bonchev–Trinajstić information content (AvgIpc) is 2.99. The van der Waals surface area contributed by atoms with Gasteiger partial charge in [-0.15, -0.1) is 0 Å². The summed E-state index contributed by atoms with van der Waals surface area (Å²) in [6.07, 6.45) is 3.00. The topological polar surface area (TPSA) is 88.2 Å². The third-order valence-electron chi connectivity index (χ3n) is 4.12. The highest BCUT2D eigenvalue weighted by atomic mass is 35.5. The molecule has 4 rings (SSSR count). The summed E-state index contributed by atoms with van der Waals surface area (Å²) in [6, 6.07) is 11.8. The molecule has 7 heteroatoms. The second kappa shape index (κ2) is 6.74. The van der Waals surface area contributed by atoms with Gasteiger partial charge in [-0.05, 0) is 37.3 Å². The fourth-order valence-electron chi connectivity index (χ4n) is 2.78. The number of aryl methyl sites for hydroxylation is 1. The zero-order valence-electron chi connectivity index (χ0n) is 14.2. The molecule has 0 aliphatic carbocycles. The van der Waals surface area contributed by atoms with Crippen LogP contribution in [0.1, 0.15) is 16.1 Å². The molecule has 0 unspecified atom stereocenters. The minimum atomic E-state index is -0.395. The van der Waals surface area contributed by atoms with E-state index < -0.39 is 5.91 Å². The lowest BCUT2D eigenvalue weighted by atomic mass is 10.1. The summed E-state index contributed by atoms with van der Waals surface area (Å²) in [5.74, 6) is 0.394. The van der Waals surface area contributed by atoms with Crippen LogP contribution in [0.5, 0.6) is 5.75 Å². The van der Waals surface area contributed by atoms with Gasteiger partial charge in [0.2, 0.25) is 0 Å². The minimum Gasteiger partial charge on any atom is -0.508 e. The fraction of sp³-hybridized carbons (Fsp3) is 0.0500. The first-order valence-corrected chi connectivity index (χ1v) is 8.50. The fourth-order valence-corrected chi connectivity index (χ4v) is 2.96. The number of fused-ring (bicyclic) bond motifs is 1. The summed E-state index contributed by atoms with van der Waals surface area (Å²) in [5.41, 5.74) is 2.42. The van der Waals surface area contributed by atoms with Gasteiger partial charge >= 0.3 is 0 Å². The third-order valence-corrected chi connectivity index (χ3v) is 4.35. The van der Waals surface area contributed by atoms with Gasteiger partial charge in [-0.1, -0.05) is 23.7 Å². The molecule has 2 aromatic heterocycles. The number of amides is 1. The second-order valence-electron chi connectivity index (χ2n) is 6.00. The molecule has 0 radical (unpaired) electrons. The normalized spacial score (nSPS) is 10.9. The molecule has 0 atom stereocenters. The van der Waals surface area contributed by atoms with E-state index >= 15 is 0 Å². The molecule has 0 aliphatic rings. The number of halogens is 1. The number of nitrogens with zero attached hydrogens (tertiary/aromatic N) is 2. The number of nitrogens with one attached hydrogen (secondary N) is 1. The molecule has 0 fully saturated rings. The zero-order valence-corrected chi connectivity index (χ0v) is 15.0. The molecular formula is C20H14ClN3O3. The number of furan rings is 1. The number of anilines is 1. The van der Waals surface area contributed by atoms with E-state index in [-0.39, 0.29) is 11.5 Å². The molecular weight excluding hydrogens is 366 g/mol. The van der Waals surface area contributed by atoms with Crippen molar-refractivity contribution < 1.29 is 14.3 Å². The summed E-state index contributed by atoms with van der Waals surface area (Å²) in [4.78, 5) is 21.0. The van der Waals surface area contributed by atoms with E-state index in [1.165, 1.54) is 12.4 Å². The SMILES string of the molecule is Cc1c(C(=O)Nc2cnc(-c3cccc(O)c3)nc2)oc2ccc(Cl)cc12. The van der Waals surface area contributed by atoms with Crippen LogP contribution in [0, 0.1) is 6.92 Å². The summed E-state index contributed by atoms with van der Waals surface area (Å²) >= 11 is 6.01. The van der Waals surface area contributed by atoms with E-state index in [1.807, 2.05) is 0 Å². The number of phenols is 1. The van der Waals surface area contributed by atoms with Gasteiger partial charge < -0.3 is 14.8 Å². The van der Waals surface area contributed by atoms with E-state index in [0.29, 0.717) is 33.2 Å². The maximum atomic E-state index is 12.6. The van der Waals surface area contributed by atoms with Crippen LogP contribution < -0.4 is 5.32 Å². The van der Waals surface area contributed by atoms with Crippen molar-refractivity contribution in [1.29, 1.82) is 0 Å². The van der Waals surface area contributed by atoms with E-state index in [1.54, 1.807) is 49.4 Å². The molecule has 0 saturated heterocycles. The largest absolute Gasteiger partial charge is 0.508 e. The smallest absolute Gasteiger partial charge is 0.291 e. The van der Waals surface area contributed by atoms with E-state index in [4.69, 9.17) is 16.0 Å². The highest BCUT2D eigenvalue weighted by molar-refractivity contribution is 6.31. The Bertz CT molecular complexity index is 1150. The number of aromatic hydroxyl groups is 1. The maximum absolute atomic E-state index is 12.6. The first-order valence-electron chi connectivity index (χ1n) is 8.13. The lowest BCUT2D eigenvalue weighted by molar-refractivity contribution is 0.0998. The number of hydrogen-bond acceptors (Lipinski definition) is 5. The number of carbonyl (C=O) groups is 1. The van der Waals surface area contributed by atoms with Crippen LogP contribution in [0.25, 0.3) is 22.4 Å². The number of carbonyl (C=O) groups excluding carboxylic acids is 1. The molecule has 27 heavy (non-hydrogen) atoms. The molecule has 4 aromatic rings. The van der Waals surface area contributed by atoms with Crippen molar-refractivity contribution in [1.82, 2.24) is 9.97 Å². The average molecular weight is 380 g/mol. The van der Waals surface area contributed by atoms with Crippen LogP contribution in [-0.2, 0) is 0 Å². The Morgan fingerprint density at radius 1 is 1.15 bits per heavy atom. The Balaban J connectivity index is 1.57. The van der Waals surface area contributed by atoms with Gasteiger partial charge in [0.25, 0.3) is 5.91 Å². The molecule has 0 aliphatic heterocycles. The molecule has 1 amide bonds. The number of benzene rings is 2. The van der Waals surface area contributed by atoms with Crippen molar-refractivity contribution in [3.63, 3.8) is 0 Å². The molecule has 134 valence electrons. The van der Waals surface area contributed by atoms with Gasteiger partial charge in [-0.2, -0.15) is 0 Å². The van der Waals surface area contributed by atoms with Gasteiger partial charge in [0.1, 0.15) is 11.3 Å². The van der Waals surface area contributed by atoms with Crippen LogP contribution in [0.3, 0.4) is 0 Å². The number of aromatic nitrogens is 2. The molecule has 2 heterocycles. The van der Waals surface area contributed by atoms with Gasteiger partial charge in [-0.25, -0.2) is 9.97 Å². The summed E-state index contributed by atoms with van der Waals surface area (Å²) < 4.78 is 5.65. The zero-order chi connectivity index (χ0) is 19.0. The second-order valence-corrected chi connectivity index (χ2v) is 6.43. The van der Waals surface area contributed by atoms with E-state index in [9.17, 15) is 9.90 Å². The Hall–Kier alpha value is -3.38. The standard InChI is InChI=1S/C20H14ClN3O3/c1-11-16-8-13(21)5-6-17(16)27-18(11)20(26)24-14-9-22-19(23-10-14)12-3-2-4-15(25)7-12/h2-10,25H,1H3,(H,24,26). The molecule has 2 N–H and O–H groups in total. The highest BCUT2D eigenvalue weighted by Gasteiger charge is 2.18. The van der Waals surface area contributed by atoms with Crippen molar-refractivity contribution in [2.24, 2.45) is 0 Å². The lowest BCUT2D eigenvalue weighted by Gasteiger charge is -2.05. The van der Waals surface area contributed by atoms with E-state index in [0.717, 1.165) is 5.39 Å². The molecule has 6 nitrogen and oxygen atoms in total. The van der Waals surface area contributed by atoms with Crippen molar-refractivity contribution in [2.45, 2.75) is 6.92 Å². The Morgan fingerprint density at radius 3 is 2.67 bits per heavy atom. The first-order chi connectivity index (χ1) is 13.0. The summed E-state index contributed by atoms with van der Waals surface area (Å²) in [5, 5.41) is 13.6. The van der Waals surface area contributed by atoms with Crippen LogP contribution in [0.2, 0.25) is 5.02 Å². The molecule has 2 aromatic carbocycles. The summed E-state index contributed by atoms with van der Waals surface area (Å²) in [6.45, 7) is 1.80. The monoisotopic (exact) mass is 379 g/mol. The lowest BCUT2D eigenvalue weighted by Crippen LogP contribution is -2.12. The van der Waals surface area contributed by atoms with Crippen LogP contribution in [0.15, 0.2) is 59.3 Å². The number of phenolic OH excluding ortho intramolecular Hbond substituents is 1. The Labute approximate surface area is 159 Å². The van der Waals surface area contributed by atoms with Crippen molar-refractivity contribution in [2.75, 3.05) is 5.32 Å². The van der Waals surface area contributed by atoms with Gasteiger partial charge in [0, 0.05) is 21.5 Å². The van der Waals surface area contributed by atoms with Gasteiger partial charge in [0.15, 0.2) is 11.6 Å². The molecule has 0 bridgehead atoms. The minimum absolute atomic E-state index is 0.133. The van der Waals surface area contributed by atoms with Crippen molar-refractivity contribution in [3.8, 4) is 17.1 Å². The highest BCUT2D eigenvalue weighted by Crippen LogP contribution is 2.28. The molecule has 0 saturated carbocycles. The van der Waals surface area contributed by atoms with Crippen LogP contribution in [-0.4, -0.2) is 21.0 Å². The van der Waals surface area contributed by atoms with E-state index in [2.05, 4.69) is 15.3 Å². The number of hydrogen-bond donors (Lipinski definition) is 2. The first kappa shape index (κ1) is 17.1. The summed E-state index contributed by atoms with van der Waals surface area (Å²) in [7, 11) is 0. The van der Waals surface area contributed by atoms with Crippen LogP contribution in [0.4, 0.5) is 5.69 Å². The van der Waals surface area contributed by atoms with Crippen molar-refractivity contribution in [3.05, 3.63) is 71.2 Å². The quantitative estimate of drug-likeness (QED) is 0.533. The Kier molecular flexibility index (Phi) is 4.25. The molecule has 0 spiro atoms. The van der Waals surface area contributed by atoms with Crippen LogP contribution >= 0.6 is 11.6 Å². The predicted molar refractivity (Wildman–Crippen MR) is 103 cm³/mol. The van der Waals surface area contributed by atoms with Gasteiger partial charge in [0.05, 0.1) is 18.1 Å². The Morgan fingerprint density at radius 2 is 1.93 bits per heavy atom. The predicted octanol–water partition coefficient (Wildman–Crippen LogP) is 4.81. The number of rotatable bonds is 3.